The largest absolute Gasteiger partial charge is 0.454 e. The Morgan fingerprint density at radius 2 is 1.89 bits per heavy atom. The molecule has 0 fully saturated rings. The fourth-order valence-electron chi connectivity index (χ4n) is 3.24. The van der Waals surface area contributed by atoms with Crippen molar-refractivity contribution in [1.29, 1.82) is 0 Å². The summed E-state index contributed by atoms with van der Waals surface area (Å²) in [5, 5.41) is 8.79. The van der Waals surface area contributed by atoms with Crippen LogP contribution in [0.5, 0.6) is 11.5 Å². The first kappa shape index (κ1) is 17.4. The zero-order chi connectivity index (χ0) is 18.8. The van der Waals surface area contributed by atoms with E-state index in [4.69, 9.17) is 9.47 Å². The maximum absolute atomic E-state index is 12.5. The van der Waals surface area contributed by atoms with Crippen LogP contribution in [-0.2, 0) is 22.6 Å². The number of anilines is 1. The van der Waals surface area contributed by atoms with Crippen molar-refractivity contribution in [3.63, 3.8) is 0 Å². The molecule has 0 saturated heterocycles. The van der Waals surface area contributed by atoms with Gasteiger partial charge < -0.3 is 25.4 Å². The number of nitrogens with one attached hydrogen (secondary N) is 3. The Bertz CT molecular complexity index is 883. The molecule has 2 amide bonds. The standard InChI is InChI=1S/C20H21N3O4/c1-12(19(24)23-15-6-7-17-18(9-15)27-11-26-17)22-20(25)16-8-13-4-2-3-5-14(13)10-21-16/h2-7,9,12,16,21H,8,10-11H2,1H3,(H,22,25)(H,23,24)/t12-,16-/m1/s1. The molecule has 0 aliphatic carbocycles. The van der Waals surface area contributed by atoms with Gasteiger partial charge in [-0.3, -0.25) is 9.59 Å². The first-order valence-electron chi connectivity index (χ1n) is 8.91. The molecule has 2 aliphatic rings. The third-order valence-electron chi connectivity index (χ3n) is 4.79. The fourth-order valence-corrected chi connectivity index (χ4v) is 3.24. The lowest BCUT2D eigenvalue weighted by Gasteiger charge is -2.26. The van der Waals surface area contributed by atoms with E-state index in [2.05, 4.69) is 22.0 Å². The summed E-state index contributed by atoms with van der Waals surface area (Å²) in [7, 11) is 0. The molecule has 7 nitrogen and oxygen atoms in total. The Kier molecular flexibility index (Phi) is 4.68. The van der Waals surface area contributed by atoms with Crippen LogP contribution >= 0.6 is 0 Å². The van der Waals surface area contributed by atoms with Gasteiger partial charge in [-0.1, -0.05) is 24.3 Å². The van der Waals surface area contributed by atoms with E-state index in [0.717, 1.165) is 5.56 Å². The number of rotatable bonds is 4. The Balaban J connectivity index is 1.34. The van der Waals surface area contributed by atoms with E-state index < -0.39 is 6.04 Å². The molecule has 2 atom stereocenters. The van der Waals surface area contributed by atoms with E-state index in [1.165, 1.54) is 5.56 Å². The minimum Gasteiger partial charge on any atom is -0.454 e. The van der Waals surface area contributed by atoms with Crippen molar-refractivity contribution in [2.24, 2.45) is 0 Å². The molecule has 2 aromatic carbocycles. The van der Waals surface area contributed by atoms with E-state index in [1.54, 1.807) is 25.1 Å². The molecule has 0 saturated carbocycles. The van der Waals surface area contributed by atoms with Crippen LogP contribution in [0, 0.1) is 0 Å². The molecular weight excluding hydrogens is 346 g/mol. The molecule has 140 valence electrons. The molecule has 4 rings (SSSR count). The summed E-state index contributed by atoms with van der Waals surface area (Å²) in [6.07, 6.45) is 0.610. The summed E-state index contributed by atoms with van der Waals surface area (Å²) >= 11 is 0. The van der Waals surface area contributed by atoms with Crippen molar-refractivity contribution >= 4 is 17.5 Å². The topological polar surface area (TPSA) is 88.7 Å². The van der Waals surface area contributed by atoms with E-state index >= 15 is 0 Å². The third-order valence-corrected chi connectivity index (χ3v) is 4.79. The van der Waals surface area contributed by atoms with Crippen molar-refractivity contribution in [3.05, 3.63) is 53.6 Å². The number of ether oxygens (including phenoxy) is 2. The van der Waals surface area contributed by atoms with Gasteiger partial charge in [0.2, 0.25) is 18.6 Å². The fraction of sp³-hybridized carbons (Fsp3) is 0.300. The minimum absolute atomic E-state index is 0.177. The van der Waals surface area contributed by atoms with Crippen molar-refractivity contribution in [2.45, 2.75) is 32.0 Å². The second-order valence-electron chi connectivity index (χ2n) is 6.69. The second kappa shape index (κ2) is 7.28. The predicted molar refractivity (Wildman–Crippen MR) is 99.6 cm³/mol. The Morgan fingerprint density at radius 3 is 2.74 bits per heavy atom. The van der Waals surface area contributed by atoms with Gasteiger partial charge in [-0.15, -0.1) is 0 Å². The van der Waals surface area contributed by atoms with Crippen LogP contribution in [0.15, 0.2) is 42.5 Å². The molecule has 7 heteroatoms. The van der Waals surface area contributed by atoms with Crippen molar-refractivity contribution in [2.75, 3.05) is 12.1 Å². The van der Waals surface area contributed by atoms with Crippen LogP contribution < -0.4 is 25.4 Å². The summed E-state index contributed by atoms with van der Waals surface area (Å²) in [5.41, 5.74) is 2.96. The average Bonchev–Trinajstić information content (AvgIpc) is 3.15. The number of benzene rings is 2. The highest BCUT2D eigenvalue weighted by molar-refractivity contribution is 5.97. The van der Waals surface area contributed by atoms with Gasteiger partial charge in [0.05, 0.1) is 6.04 Å². The molecule has 0 bridgehead atoms. The molecular formula is C20H21N3O4. The molecule has 3 N–H and O–H groups in total. The van der Waals surface area contributed by atoms with Gasteiger partial charge >= 0.3 is 0 Å². The van der Waals surface area contributed by atoms with Crippen LogP contribution in [0.1, 0.15) is 18.1 Å². The molecule has 27 heavy (non-hydrogen) atoms. The zero-order valence-corrected chi connectivity index (χ0v) is 15.0. The Labute approximate surface area is 157 Å². The SMILES string of the molecule is C[C@@H](NC(=O)[C@H]1Cc2ccccc2CN1)C(=O)Nc1ccc2c(c1)OCO2. The van der Waals surface area contributed by atoms with Crippen molar-refractivity contribution < 1.29 is 19.1 Å². The van der Waals surface area contributed by atoms with Crippen LogP contribution in [0.2, 0.25) is 0 Å². The van der Waals surface area contributed by atoms with E-state index in [1.807, 2.05) is 18.2 Å². The van der Waals surface area contributed by atoms with Crippen molar-refractivity contribution in [3.8, 4) is 11.5 Å². The van der Waals surface area contributed by atoms with Crippen LogP contribution in [0.4, 0.5) is 5.69 Å². The number of carbonyl (C=O) groups is 2. The van der Waals surface area contributed by atoms with Gasteiger partial charge in [-0.05, 0) is 36.6 Å². The van der Waals surface area contributed by atoms with Crippen LogP contribution in [0.25, 0.3) is 0 Å². The van der Waals surface area contributed by atoms with Gasteiger partial charge in [-0.25, -0.2) is 0 Å². The van der Waals surface area contributed by atoms with Gasteiger partial charge in [0.15, 0.2) is 11.5 Å². The maximum atomic E-state index is 12.5. The molecule has 0 spiro atoms. The number of carbonyl (C=O) groups excluding carboxylic acids is 2. The van der Waals surface area contributed by atoms with Crippen molar-refractivity contribution in [1.82, 2.24) is 10.6 Å². The van der Waals surface area contributed by atoms with Crippen LogP contribution in [0.3, 0.4) is 0 Å². The summed E-state index contributed by atoms with van der Waals surface area (Å²) in [6.45, 7) is 2.49. The molecule has 0 unspecified atom stereocenters. The lowest BCUT2D eigenvalue weighted by molar-refractivity contribution is -0.127. The number of hydrogen-bond acceptors (Lipinski definition) is 5. The summed E-state index contributed by atoms with van der Waals surface area (Å²) in [5.74, 6) is 0.767. The van der Waals surface area contributed by atoms with E-state index in [0.29, 0.717) is 30.2 Å². The monoisotopic (exact) mass is 367 g/mol. The lowest BCUT2D eigenvalue weighted by Crippen LogP contribution is -2.52. The van der Waals surface area contributed by atoms with E-state index in [9.17, 15) is 9.59 Å². The molecule has 0 aromatic heterocycles. The smallest absolute Gasteiger partial charge is 0.246 e. The normalized spacial score (nSPS) is 18.3. The first-order valence-corrected chi connectivity index (χ1v) is 8.91. The lowest BCUT2D eigenvalue weighted by atomic mass is 9.95. The zero-order valence-electron chi connectivity index (χ0n) is 15.0. The Hall–Kier alpha value is -3.06. The summed E-state index contributed by atoms with van der Waals surface area (Å²) in [6, 6.07) is 12.2. The molecule has 2 aliphatic heterocycles. The minimum atomic E-state index is -0.665. The molecule has 2 aromatic rings. The first-order chi connectivity index (χ1) is 13.1. The maximum Gasteiger partial charge on any atom is 0.246 e. The number of fused-ring (bicyclic) bond motifs is 2. The quantitative estimate of drug-likeness (QED) is 0.763. The number of hydrogen-bond donors (Lipinski definition) is 3. The van der Waals surface area contributed by atoms with Gasteiger partial charge in [0, 0.05) is 18.3 Å². The number of amides is 2. The highest BCUT2D eigenvalue weighted by atomic mass is 16.7. The predicted octanol–water partition coefficient (Wildman–Crippen LogP) is 1.57. The van der Waals surface area contributed by atoms with Gasteiger partial charge in [0.25, 0.3) is 0 Å². The molecule has 0 radical (unpaired) electrons. The second-order valence-corrected chi connectivity index (χ2v) is 6.69. The van der Waals surface area contributed by atoms with E-state index in [-0.39, 0.29) is 24.6 Å². The van der Waals surface area contributed by atoms with Gasteiger partial charge in [0.1, 0.15) is 6.04 Å². The van der Waals surface area contributed by atoms with Crippen LogP contribution in [-0.4, -0.2) is 30.7 Å². The third kappa shape index (κ3) is 3.73. The average molecular weight is 367 g/mol. The highest BCUT2D eigenvalue weighted by Crippen LogP contribution is 2.34. The van der Waals surface area contributed by atoms with Gasteiger partial charge in [-0.2, -0.15) is 0 Å². The summed E-state index contributed by atoms with van der Waals surface area (Å²) in [4.78, 5) is 24.9. The highest BCUT2D eigenvalue weighted by Gasteiger charge is 2.26. The molecule has 2 heterocycles. The Morgan fingerprint density at radius 1 is 1.11 bits per heavy atom. The summed E-state index contributed by atoms with van der Waals surface area (Å²) < 4.78 is 10.6.